The van der Waals surface area contributed by atoms with Crippen molar-refractivity contribution < 1.29 is 47.7 Å². The Morgan fingerprint density at radius 1 is 0.796 bits per heavy atom. The molecule has 1 aliphatic rings. The van der Waals surface area contributed by atoms with Gasteiger partial charge in [0.25, 0.3) is 0 Å². The van der Waals surface area contributed by atoms with Gasteiger partial charge in [0.15, 0.2) is 24.5 Å². The van der Waals surface area contributed by atoms with Crippen LogP contribution in [-0.2, 0) is 47.7 Å². The quantitative estimate of drug-likeness (QED) is 0.0930. The minimum Gasteiger partial charge on any atom is -0.462 e. The van der Waals surface area contributed by atoms with E-state index in [-0.39, 0.29) is 6.42 Å². The van der Waals surface area contributed by atoms with E-state index >= 15 is 0 Å². The second-order valence-electron chi connectivity index (χ2n) is 15.7. The monoisotopic (exact) mass is 686 g/mol. The molecule has 270 valence electrons. The minimum absolute atomic E-state index is 0.249. The molecule has 5 atom stereocenters. The first kappa shape index (κ1) is 40.8. The standard InChI is InChI=1S/C35H50N4O10/c1-13-20-14-16-21(17-15-20)37-23(40)18-35(11,12)31(44)45-19-22-24(47-28(41)32(2,3)4)25(48-29(42)33(5,6)7)26(27(46-22)38-39-36)49-30(43)34(8,9)10/h13-17,22,24-27H,1,18-19H2,2-12H3,(H,37,40)/t22-,24+,25+,26-,27-/m1/s1. The summed E-state index contributed by atoms with van der Waals surface area (Å²) in [5.74, 6) is -3.44. The van der Waals surface area contributed by atoms with Crippen LogP contribution in [0.5, 0.6) is 0 Å². The molecular formula is C35H50N4O10. The summed E-state index contributed by atoms with van der Waals surface area (Å²) in [6.07, 6.45) is -6.09. The number of carbonyl (C=O) groups is 5. The van der Waals surface area contributed by atoms with Crippen LogP contribution in [0.1, 0.15) is 88.1 Å². The van der Waals surface area contributed by atoms with Crippen molar-refractivity contribution >= 4 is 41.5 Å². The van der Waals surface area contributed by atoms with Crippen molar-refractivity contribution in [2.75, 3.05) is 11.9 Å². The van der Waals surface area contributed by atoms with Gasteiger partial charge in [0, 0.05) is 17.0 Å². The number of rotatable bonds is 11. The number of carbonyl (C=O) groups excluding carboxylic acids is 5. The molecule has 1 N–H and O–H groups in total. The fourth-order valence-corrected chi connectivity index (χ4v) is 4.21. The molecule has 0 radical (unpaired) electrons. The molecule has 14 heteroatoms. The highest BCUT2D eigenvalue weighted by Crippen LogP contribution is 2.35. The summed E-state index contributed by atoms with van der Waals surface area (Å²) < 4.78 is 29.0. The zero-order valence-electron chi connectivity index (χ0n) is 30.3. The lowest BCUT2D eigenvalue weighted by Crippen LogP contribution is -2.63. The van der Waals surface area contributed by atoms with Crippen molar-refractivity contribution in [3.05, 3.63) is 46.9 Å². The van der Waals surface area contributed by atoms with Gasteiger partial charge in [-0.15, -0.1) is 0 Å². The van der Waals surface area contributed by atoms with E-state index in [1.807, 2.05) is 0 Å². The van der Waals surface area contributed by atoms with Crippen LogP contribution in [0.15, 0.2) is 36.0 Å². The Bertz CT molecular complexity index is 1440. The number of esters is 4. The number of nitrogens with zero attached hydrogens (tertiary/aromatic N) is 3. The molecular weight excluding hydrogens is 636 g/mol. The Labute approximate surface area is 287 Å². The van der Waals surface area contributed by atoms with Crippen LogP contribution in [0.2, 0.25) is 0 Å². The number of anilines is 1. The lowest BCUT2D eigenvalue weighted by atomic mass is 9.89. The van der Waals surface area contributed by atoms with Crippen LogP contribution in [0.4, 0.5) is 5.69 Å². The van der Waals surface area contributed by atoms with E-state index in [4.69, 9.17) is 23.7 Å². The SMILES string of the molecule is C=Cc1ccc(NC(=O)CC(C)(C)C(=O)OC[C@H]2O[C@@H](N=[N+]=[N-])[C@H](OC(=O)C(C)(C)C)[C@@H](OC(=O)C(C)(C)C)[C@H]2OC(=O)C(C)(C)C)cc1. The summed E-state index contributed by atoms with van der Waals surface area (Å²) in [5, 5.41) is 6.39. The topological polar surface area (TPSA) is 192 Å². The van der Waals surface area contributed by atoms with E-state index in [2.05, 4.69) is 21.9 Å². The van der Waals surface area contributed by atoms with E-state index < -0.39 is 88.7 Å². The maximum atomic E-state index is 13.4. The van der Waals surface area contributed by atoms with E-state index in [1.165, 1.54) is 13.8 Å². The van der Waals surface area contributed by atoms with Gasteiger partial charge in [-0.25, -0.2) is 0 Å². The Morgan fingerprint density at radius 3 is 1.71 bits per heavy atom. The zero-order chi connectivity index (χ0) is 37.5. The lowest BCUT2D eigenvalue weighted by molar-refractivity contribution is -0.259. The summed E-state index contributed by atoms with van der Waals surface area (Å²) in [6, 6.07) is 6.96. The number of amides is 1. The van der Waals surface area contributed by atoms with Crippen LogP contribution >= 0.6 is 0 Å². The fourth-order valence-electron chi connectivity index (χ4n) is 4.21. The molecule has 2 rings (SSSR count). The normalized spacial score (nSPS) is 21.3. The molecule has 1 fully saturated rings. The highest BCUT2D eigenvalue weighted by Gasteiger charge is 2.54. The van der Waals surface area contributed by atoms with Crippen molar-refractivity contribution in [2.45, 2.75) is 113 Å². The number of azide groups is 1. The summed E-state index contributed by atoms with van der Waals surface area (Å²) in [4.78, 5) is 68.6. The maximum Gasteiger partial charge on any atom is 0.312 e. The summed E-state index contributed by atoms with van der Waals surface area (Å²) in [7, 11) is 0. The summed E-state index contributed by atoms with van der Waals surface area (Å²) in [6.45, 7) is 20.6. The zero-order valence-corrected chi connectivity index (χ0v) is 30.3. The van der Waals surface area contributed by atoms with Crippen molar-refractivity contribution in [3.63, 3.8) is 0 Å². The number of ether oxygens (including phenoxy) is 5. The first-order chi connectivity index (χ1) is 22.4. The molecule has 0 bridgehead atoms. The van der Waals surface area contributed by atoms with Crippen LogP contribution in [0.25, 0.3) is 16.5 Å². The van der Waals surface area contributed by atoms with Gasteiger partial charge >= 0.3 is 23.9 Å². The van der Waals surface area contributed by atoms with Crippen LogP contribution < -0.4 is 5.32 Å². The summed E-state index contributed by atoms with van der Waals surface area (Å²) in [5.41, 5.74) is 6.34. The Hall–Kier alpha value is -4.42. The molecule has 1 aromatic rings. The molecule has 1 aliphatic heterocycles. The van der Waals surface area contributed by atoms with Crippen molar-refractivity contribution in [1.82, 2.24) is 0 Å². The molecule has 0 spiro atoms. The van der Waals surface area contributed by atoms with Gasteiger partial charge in [0.05, 0.1) is 21.7 Å². The number of hydrogen-bond acceptors (Lipinski definition) is 11. The first-order valence-electron chi connectivity index (χ1n) is 15.9. The van der Waals surface area contributed by atoms with Gasteiger partial charge in [0.2, 0.25) is 5.91 Å². The molecule has 0 unspecified atom stereocenters. The fraction of sp³-hybridized carbons (Fsp3) is 0.629. The van der Waals surface area contributed by atoms with E-state index in [1.54, 1.807) is 92.7 Å². The second-order valence-corrected chi connectivity index (χ2v) is 15.7. The predicted octanol–water partition coefficient (Wildman–Crippen LogP) is 6.14. The van der Waals surface area contributed by atoms with Crippen LogP contribution in [0, 0.1) is 21.7 Å². The largest absolute Gasteiger partial charge is 0.462 e. The molecule has 14 nitrogen and oxygen atoms in total. The molecule has 0 saturated carbocycles. The van der Waals surface area contributed by atoms with Crippen molar-refractivity contribution in [3.8, 4) is 0 Å². The van der Waals surface area contributed by atoms with E-state index in [9.17, 15) is 29.5 Å². The molecule has 1 heterocycles. The summed E-state index contributed by atoms with van der Waals surface area (Å²) >= 11 is 0. The van der Waals surface area contributed by atoms with Crippen LogP contribution in [0.3, 0.4) is 0 Å². The lowest BCUT2D eigenvalue weighted by Gasteiger charge is -2.45. The molecule has 0 aromatic heterocycles. The third-order valence-corrected chi connectivity index (χ3v) is 7.31. The van der Waals surface area contributed by atoms with Gasteiger partial charge in [0.1, 0.15) is 12.7 Å². The van der Waals surface area contributed by atoms with E-state index in [0.29, 0.717) is 5.69 Å². The van der Waals surface area contributed by atoms with Crippen molar-refractivity contribution in [2.24, 2.45) is 26.8 Å². The van der Waals surface area contributed by atoms with Gasteiger partial charge in [-0.05, 0) is 99.4 Å². The molecule has 1 saturated heterocycles. The second kappa shape index (κ2) is 15.9. The van der Waals surface area contributed by atoms with Gasteiger partial charge < -0.3 is 29.0 Å². The molecule has 1 aromatic carbocycles. The minimum atomic E-state index is -1.58. The molecule has 49 heavy (non-hydrogen) atoms. The Morgan fingerprint density at radius 2 is 1.27 bits per heavy atom. The number of hydrogen-bond donors (Lipinski definition) is 1. The molecule has 0 aliphatic carbocycles. The van der Waals surface area contributed by atoms with Gasteiger partial charge in [-0.2, -0.15) is 0 Å². The van der Waals surface area contributed by atoms with Crippen molar-refractivity contribution in [1.29, 1.82) is 0 Å². The average Bonchev–Trinajstić information content (AvgIpc) is 2.97. The average molecular weight is 687 g/mol. The van der Waals surface area contributed by atoms with Gasteiger partial charge in [-0.1, -0.05) is 29.9 Å². The smallest absolute Gasteiger partial charge is 0.312 e. The number of nitrogens with one attached hydrogen (secondary N) is 1. The predicted molar refractivity (Wildman–Crippen MR) is 180 cm³/mol. The van der Waals surface area contributed by atoms with E-state index in [0.717, 1.165) is 5.56 Å². The maximum absolute atomic E-state index is 13.4. The third-order valence-electron chi connectivity index (χ3n) is 7.31. The third kappa shape index (κ3) is 11.6. The molecule has 1 amide bonds. The van der Waals surface area contributed by atoms with Gasteiger partial charge in [-0.3, -0.25) is 24.0 Å². The Balaban J connectivity index is 2.45. The van der Waals surface area contributed by atoms with Crippen LogP contribution in [-0.4, -0.2) is 67.0 Å². The first-order valence-corrected chi connectivity index (χ1v) is 15.9. The highest BCUT2D eigenvalue weighted by molar-refractivity contribution is 5.94. The number of benzene rings is 1. The Kier molecular flexibility index (Phi) is 13.2. The highest BCUT2D eigenvalue weighted by atomic mass is 16.7.